The molecule has 0 aromatic heterocycles. The van der Waals surface area contributed by atoms with Gasteiger partial charge in [0.2, 0.25) is 0 Å². The lowest BCUT2D eigenvalue weighted by Gasteiger charge is -2.04. The topological polar surface area (TPSA) is 9.23 Å². The third-order valence-electron chi connectivity index (χ3n) is 5.10. The molecule has 0 spiro atoms. The Hall–Kier alpha value is -4.10. The van der Waals surface area contributed by atoms with Gasteiger partial charge in [-0.2, -0.15) is 0 Å². The van der Waals surface area contributed by atoms with Gasteiger partial charge in [0.05, 0.1) is 0 Å². The van der Waals surface area contributed by atoms with E-state index < -0.39 is 0 Å². The molecule has 170 valence electrons. The van der Waals surface area contributed by atoms with Crippen molar-refractivity contribution in [2.24, 2.45) is 0 Å². The van der Waals surface area contributed by atoms with Crippen LogP contribution < -0.4 is 4.74 Å². The molecule has 0 aliphatic heterocycles. The highest BCUT2D eigenvalue weighted by Crippen LogP contribution is 2.21. The number of benzene rings is 5. The molecule has 5 rings (SSSR count). The van der Waals surface area contributed by atoms with Gasteiger partial charge in [0.1, 0.15) is 11.5 Å². The van der Waals surface area contributed by atoms with Gasteiger partial charge in [-0.1, -0.05) is 132 Å². The second-order valence-electron chi connectivity index (χ2n) is 8.11. The fourth-order valence-corrected chi connectivity index (χ4v) is 3.14. The quantitative estimate of drug-likeness (QED) is 0.269. The maximum Gasteiger partial charge on any atom is 0.127 e. The van der Waals surface area contributed by atoms with Crippen molar-refractivity contribution in [3.63, 3.8) is 0 Å². The van der Waals surface area contributed by atoms with E-state index in [1.54, 1.807) is 0 Å². The van der Waals surface area contributed by atoms with Crippen LogP contribution in [0.4, 0.5) is 0 Å². The Kier molecular flexibility index (Phi) is 9.71. The van der Waals surface area contributed by atoms with E-state index in [0.29, 0.717) is 0 Å². The van der Waals surface area contributed by atoms with Crippen LogP contribution >= 0.6 is 0 Å². The van der Waals surface area contributed by atoms with Gasteiger partial charge in [-0.05, 0) is 56.2 Å². The molecule has 5 aromatic carbocycles. The summed E-state index contributed by atoms with van der Waals surface area (Å²) in [5.74, 6) is 1.75. The highest BCUT2D eigenvalue weighted by Gasteiger charge is 1.95. The molecule has 0 heterocycles. The Bertz CT molecular complexity index is 1190. The Labute approximate surface area is 204 Å². The van der Waals surface area contributed by atoms with Crippen LogP contribution in [-0.2, 0) is 0 Å². The molecule has 5 aromatic rings. The van der Waals surface area contributed by atoms with E-state index in [0.717, 1.165) is 11.5 Å². The first-order chi connectivity index (χ1) is 16.6. The normalized spacial score (nSPS) is 9.62. The minimum atomic E-state index is 0.872. The molecule has 1 nitrogen and oxygen atoms in total. The number of ether oxygens (including phenoxy) is 1. The molecule has 34 heavy (non-hydrogen) atoms. The van der Waals surface area contributed by atoms with Crippen molar-refractivity contribution in [3.05, 3.63) is 156 Å². The van der Waals surface area contributed by atoms with E-state index >= 15 is 0 Å². The molecule has 0 saturated heterocycles. The number of rotatable bonds is 3. The average Bonchev–Trinajstić information content (AvgIpc) is 2.88. The largest absolute Gasteiger partial charge is 0.457 e. The molecule has 0 aliphatic carbocycles. The first-order valence-corrected chi connectivity index (χ1v) is 11.5. The Balaban J connectivity index is 0.000000151. The summed E-state index contributed by atoms with van der Waals surface area (Å²) < 4.78 is 5.63. The van der Waals surface area contributed by atoms with Crippen molar-refractivity contribution < 1.29 is 4.74 Å². The smallest absolute Gasteiger partial charge is 0.127 e. The van der Waals surface area contributed by atoms with Gasteiger partial charge in [0.15, 0.2) is 0 Å². The molecule has 0 N–H and O–H groups in total. The first kappa shape index (κ1) is 24.5. The van der Waals surface area contributed by atoms with Gasteiger partial charge in [-0.25, -0.2) is 0 Å². The van der Waals surface area contributed by atoms with E-state index in [2.05, 4.69) is 81.4 Å². The number of hydrogen-bond donors (Lipinski definition) is 0. The van der Waals surface area contributed by atoms with Crippen LogP contribution in [0.2, 0.25) is 0 Å². The maximum absolute atomic E-state index is 5.63. The SMILES string of the molecule is Cc1ccc(-c2ccccc2)cc1.Cc1ccc(Oc2ccccc2)cc1.Cc1ccccc1. The van der Waals surface area contributed by atoms with Crippen LogP contribution in [0.3, 0.4) is 0 Å². The minimum absolute atomic E-state index is 0.872. The van der Waals surface area contributed by atoms with E-state index in [1.807, 2.05) is 78.9 Å². The van der Waals surface area contributed by atoms with Crippen molar-refractivity contribution in [1.29, 1.82) is 0 Å². The van der Waals surface area contributed by atoms with E-state index in [1.165, 1.54) is 27.8 Å². The lowest BCUT2D eigenvalue weighted by molar-refractivity contribution is 0.482. The lowest BCUT2D eigenvalue weighted by atomic mass is 10.0. The van der Waals surface area contributed by atoms with Gasteiger partial charge in [-0.3, -0.25) is 0 Å². The summed E-state index contributed by atoms with van der Waals surface area (Å²) in [4.78, 5) is 0. The third kappa shape index (κ3) is 8.80. The zero-order chi connectivity index (χ0) is 24.0. The Morgan fingerprint density at radius 2 is 0.676 bits per heavy atom. The molecule has 0 atom stereocenters. The van der Waals surface area contributed by atoms with Crippen molar-refractivity contribution in [2.45, 2.75) is 20.8 Å². The van der Waals surface area contributed by atoms with E-state index in [4.69, 9.17) is 4.74 Å². The zero-order valence-electron chi connectivity index (χ0n) is 20.2. The average molecular weight is 445 g/mol. The molecular weight excluding hydrogens is 412 g/mol. The fourth-order valence-electron chi connectivity index (χ4n) is 3.14. The van der Waals surface area contributed by atoms with Crippen LogP contribution in [0, 0.1) is 20.8 Å². The highest BCUT2D eigenvalue weighted by molar-refractivity contribution is 5.63. The second kappa shape index (κ2) is 13.4. The molecule has 0 fully saturated rings. The Morgan fingerprint density at radius 1 is 0.324 bits per heavy atom. The Morgan fingerprint density at radius 3 is 1.15 bits per heavy atom. The summed E-state index contributed by atoms with van der Waals surface area (Å²) in [6, 6.07) is 47.1. The second-order valence-corrected chi connectivity index (χ2v) is 8.11. The fraction of sp³-hybridized carbons (Fsp3) is 0.0909. The summed E-state index contributed by atoms with van der Waals surface area (Å²) in [5.41, 5.74) is 6.43. The van der Waals surface area contributed by atoms with Crippen molar-refractivity contribution >= 4 is 0 Å². The molecule has 0 bridgehead atoms. The standard InChI is InChI=1S/C13H12O.C13H12.C7H8/c1-11-7-9-13(10-8-11)14-12-5-3-2-4-6-12;1-11-7-9-13(10-8-11)12-5-3-2-4-6-12;1-7-5-3-2-4-6-7/h2-10H,1H3;2-10H,1H3;2-6H,1H3. The maximum atomic E-state index is 5.63. The number of para-hydroxylation sites is 1. The first-order valence-electron chi connectivity index (χ1n) is 11.5. The van der Waals surface area contributed by atoms with Gasteiger partial charge >= 0.3 is 0 Å². The molecule has 0 saturated carbocycles. The van der Waals surface area contributed by atoms with Crippen LogP contribution in [0.15, 0.2) is 140 Å². The van der Waals surface area contributed by atoms with E-state index in [-0.39, 0.29) is 0 Å². The number of hydrogen-bond acceptors (Lipinski definition) is 1. The van der Waals surface area contributed by atoms with Crippen molar-refractivity contribution in [1.82, 2.24) is 0 Å². The van der Waals surface area contributed by atoms with Gasteiger partial charge in [-0.15, -0.1) is 0 Å². The summed E-state index contributed by atoms with van der Waals surface area (Å²) >= 11 is 0. The molecule has 0 unspecified atom stereocenters. The molecule has 1 heteroatoms. The predicted octanol–water partition coefficient (Wildman–Crippen LogP) is 9.44. The summed E-state index contributed by atoms with van der Waals surface area (Å²) in [6.07, 6.45) is 0. The van der Waals surface area contributed by atoms with E-state index in [9.17, 15) is 0 Å². The molecular formula is C33H32O. The van der Waals surface area contributed by atoms with Gasteiger partial charge in [0.25, 0.3) is 0 Å². The molecule has 0 radical (unpaired) electrons. The molecule has 0 aliphatic rings. The van der Waals surface area contributed by atoms with Crippen LogP contribution in [0.25, 0.3) is 11.1 Å². The highest BCUT2D eigenvalue weighted by atomic mass is 16.5. The third-order valence-corrected chi connectivity index (χ3v) is 5.10. The van der Waals surface area contributed by atoms with Gasteiger partial charge < -0.3 is 4.74 Å². The monoisotopic (exact) mass is 444 g/mol. The summed E-state index contributed by atoms with van der Waals surface area (Å²) in [7, 11) is 0. The zero-order valence-corrected chi connectivity index (χ0v) is 20.2. The van der Waals surface area contributed by atoms with Crippen LogP contribution in [0.1, 0.15) is 16.7 Å². The molecule has 0 amide bonds. The number of aryl methyl sites for hydroxylation is 3. The summed E-state index contributed by atoms with van der Waals surface area (Å²) in [6.45, 7) is 6.25. The van der Waals surface area contributed by atoms with Gasteiger partial charge in [0, 0.05) is 0 Å². The summed E-state index contributed by atoms with van der Waals surface area (Å²) in [5, 5.41) is 0. The lowest BCUT2D eigenvalue weighted by Crippen LogP contribution is -1.82. The van der Waals surface area contributed by atoms with Crippen LogP contribution in [-0.4, -0.2) is 0 Å². The van der Waals surface area contributed by atoms with Crippen LogP contribution in [0.5, 0.6) is 11.5 Å². The van der Waals surface area contributed by atoms with Crippen molar-refractivity contribution in [2.75, 3.05) is 0 Å². The predicted molar refractivity (Wildman–Crippen MR) is 145 cm³/mol. The van der Waals surface area contributed by atoms with Crippen molar-refractivity contribution in [3.8, 4) is 22.6 Å². The minimum Gasteiger partial charge on any atom is -0.457 e.